The number of nitrogens with one attached hydrogen (secondary N) is 3. The fourth-order valence-corrected chi connectivity index (χ4v) is 3.74. The first kappa shape index (κ1) is 28.7. The van der Waals surface area contributed by atoms with E-state index in [0.29, 0.717) is 29.4 Å². The van der Waals surface area contributed by atoms with Gasteiger partial charge in [-0.3, -0.25) is 19.9 Å². The van der Waals surface area contributed by atoms with Gasteiger partial charge in [-0.25, -0.2) is 13.9 Å². The molecule has 2 aromatic carbocycles. The Morgan fingerprint density at radius 1 is 1.02 bits per heavy atom. The third kappa shape index (κ3) is 7.24. The van der Waals surface area contributed by atoms with Crippen LogP contribution in [-0.4, -0.2) is 40.2 Å². The SMILES string of the molecule is CNC(=O)c1cc(Oc2ccc(NC(=O)Nc3cc(C(C)(C)C)nn3-c3cccc(COC=O)c3)c(F)c2)ccn1. The summed E-state index contributed by atoms with van der Waals surface area (Å²) in [7, 11) is 1.48. The normalized spacial score (nSPS) is 11.0. The van der Waals surface area contributed by atoms with Crippen molar-refractivity contribution >= 4 is 29.9 Å². The molecule has 2 heterocycles. The number of pyridine rings is 1. The van der Waals surface area contributed by atoms with E-state index in [4.69, 9.17) is 9.47 Å². The zero-order valence-electron chi connectivity index (χ0n) is 22.9. The monoisotopic (exact) mass is 560 g/mol. The minimum Gasteiger partial charge on any atom is -0.463 e. The number of urea groups is 1. The van der Waals surface area contributed by atoms with Gasteiger partial charge in [0.1, 0.15) is 35.4 Å². The Labute approximate surface area is 235 Å². The largest absolute Gasteiger partial charge is 0.463 e. The molecule has 11 nitrogen and oxygen atoms in total. The van der Waals surface area contributed by atoms with Crippen LogP contribution in [0.15, 0.2) is 66.9 Å². The first-order valence-electron chi connectivity index (χ1n) is 12.6. The number of amides is 3. The fraction of sp³-hybridized carbons (Fsp3) is 0.207. The second kappa shape index (κ2) is 12.3. The van der Waals surface area contributed by atoms with Crippen LogP contribution in [-0.2, 0) is 21.6 Å². The number of rotatable bonds is 9. The van der Waals surface area contributed by atoms with Crippen molar-refractivity contribution in [2.75, 3.05) is 17.7 Å². The lowest BCUT2D eigenvalue weighted by Gasteiger charge is -2.14. The van der Waals surface area contributed by atoms with Gasteiger partial charge in [0.25, 0.3) is 12.4 Å². The van der Waals surface area contributed by atoms with Gasteiger partial charge in [0, 0.05) is 36.9 Å². The van der Waals surface area contributed by atoms with Crippen LogP contribution in [0.4, 0.5) is 20.7 Å². The molecule has 0 radical (unpaired) electrons. The second-order valence-corrected chi connectivity index (χ2v) is 9.93. The highest BCUT2D eigenvalue weighted by molar-refractivity contribution is 5.99. The lowest BCUT2D eigenvalue weighted by atomic mass is 9.92. The Balaban J connectivity index is 1.51. The van der Waals surface area contributed by atoms with E-state index in [2.05, 4.69) is 26.0 Å². The van der Waals surface area contributed by atoms with Crippen molar-refractivity contribution in [3.8, 4) is 17.2 Å². The molecule has 0 bridgehead atoms. The molecule has 4 rings (SSSR count). The summed E-state index contributed by atoms with van der Waals surface area (Å²) in [5.74, 6) is -0.311. The molecule has 3 N–H and O–H groups in total. The molecule has 2 aromatic heterocycles. The molecule has 0 aliphatic rings. The number of ether oxygens (including phenoxy) is 2. The zero-order valence-corrected chi connectivity index (χ0v) is 22.9. The van der Waals surface area contributed by atoms with Crippen molar-refractivity contribution in [3.05, 3.63) is 89.6 Å². The van der Waals surface area contributed by atoms with Gasteiger partial charge in [-0.1, -0.05) is 32.9 Å². The van der Waals surface area contributed by atoms with Crippen molar-refractivity contribution < 1.29 is 28.2 Å². The van der Waals surface area contributed by atoms with Gasteiger partial charge in [0.05, 0.1) is 17.1 Å². The number of hydrogen-bond acceptors (Lipinski definition) is 7. The van der Waals surface area contributed by atoms with Gasteiger partial charge in [0.15, 0.2) is 0 Å². The third-order valence-corrected chi connectivity index (χ3v) is 5.81. The summed E-state index contributed by atoms with van der Waals surface area (Å²) < 4.78 is 27.0. The molecule has 0 saturated heterocycles. The van der Waals surface area contributed by atoms with Gasteiger partial charge in [-0.05, 0) is 35.9 Å². The number of nitrogens with zero attached hydrogens (tertiary/aromatic N) is 3. The average Bonchev–Trinajstić information content (AvgIpc) is 3.37. The lowest BCUT2D eigenvalue weighted by Crippen LogP contribution is -2.22. The number of benzene rings is 2. The highest BCUT2D eigenvalue weighted by Crippen LogP contribution is 2.28. The second-order valence-electron chi connectivity index (χ2n) is 9.93. The topological polar surface area (TPSA) is 136 Å². The summed E-state index contributed by atoms with van der Waals surface area (Å²) >= 11 is 0. The van der Waals surface area contributed by atoms with Crippen LogP contribution in [0.2, 0.25) is 0 Å². The minimum atomic E-state index is -0.731. The molecule has 0 saturated carbocycles. The van der Waals surface area contributed by atoms with E-state index >= 15 is 0 Å². The summed E-state index contributed by atoms with van der Waals surface area (Å²) in [6, 6.07) is 15.1. The first-order chi connectivity index (χ1) is 19.6. The number of hydrogen-bond donors (Lipinski definition) is 3. The summed E-state index contributed by atoms with van der Waals surface area (Å²) in [5, 5.41) is 12.4. The first-order valence-corrected chi connectivity index (χ1v) is 12.6. The summed E-state index contributed by atoms with van der Waals surface area (Å²) in [6.45, 7) is 6.42. The highest BCUT2D eigenvalue weighted by atomic mass is 19.1. The highest BCUT2D eigenvalue weighted by Gasteiger charge is 2.22. The van der Waals surface area contributed by atoms with Crippen molar-refractivity contribution in [1.82, 2.24) is 20.1 Å². The summed E-state index contributed by atoms with van der Waals surface area (Å²) in [4.78, 5) is 39.3. The van der Waals surface area contributed by atoms with E-state index in [-0.39, 0.29) is 35.1 Å². The van der Waals surface area contributed by atoms with E-state index in [0.717, 1.165) is 11.6 Å². The van der Waals surface area contributed by atoms with E-state index < -0.39 is 11.8 Å². The molecular weight excluding hydrogens is 531 g/mol. The maximum atomic E-state index is 14.9. The predicted molar refractivity (Wildman–Crippen MR) is 150 cm³/mol. The number of halogens is 1. The minimum absolute atomic E-state index is 0.0780. The smallest absolute Gasteiger partial charge is 0.324 e. The van der Waals surface area contributed by atoms with E-state index in [1.165, 1.54) is 37.5 Å². The van der Waals surface area contributed by atoms with Crippen molar-refractivity contribution in [3.63, 3.8) is 0 Å². The Morgan fingerprint density at radius 2 is 1.80 bits per heavy atom. The Hall–Kier alpha value is -5.26. The molecule has 0 spiro atoms. The standard InChI is InChI=1S/C29H29FN6O5/c1-29(2,3)25-15-26(36(35-25)19-7-5-6-18(12-19)16-40-17-37)34-28(39)33-23-9-8-20(13-22(23)30)41-21-10-11-32-24(14-21)27(38)31-4/h5-15,17H,16H2,1-4H3,(H,31,38)(H2,33,34,39). The third-order valence-electron chi connectivity index (χ3n) is 5.81. The molecule has 0 fully saturated rings. The van der Waals surface area contributed by atoms with Crippen LogP contribution in [0.3, 0.4) is 0 Å². The average molecular weight is 561 g/mol. The maximum absolute atomic E-state index is 14.9. The Bertz CT molecular complexity index is 1580. The molecule has 0 atom stereocenters. The van der Waals surface area contributed by atoms with E-state index in [1.807, 2.05) is 20.8 Å². The van der Waals surface area contributed by atoms with Crippen molar-refractivity contribution in [2.24, 2.45) is 0 Å². The number of carbonyl (C=O) groups excluding carboxylic acids is 3. The van der Waals surface area contributed by atoms with Gasteiger partial charge in [-0.15, -0.1) is 0 Å². The number of anilines is 2. The molecule has 0 aliphatic carbocycles. The summed E-state index contributed by atoms with van der Waals surface area (Å²) in [5.41, 5.74) is 1.82. The number of aromatic nitrogens is 3. The van der Waals surface area contributed by atoms with Gasteiger partial charge in [0.2, 0.25) is 0 Å². The van der Waals surface area contributed by atoms with Gasteiger partial charge >= 0.3 is 6.03 Å². The van der Waals surface area contributed by atoms with Crippen LogP contribution in [0.5, 0.6) is 11.5 Å². The van der Waals surface area contributed by atoms with Crippen LogP contribution in [0.25, 0.3) is 5.69 Å². The quantitative estimate of drug-likeness (QED) is 0.240. The van der Waals surface area contributed by atoms with E-state index in [1.54, 1.807) is 35.0 Å². The predicted octanol–water partition coefficient (Wildman–Crippen LogP) is 5.17. The van der Waals surface area contributed by atoms with Crippen LogP contribution in [0, 0.1) is 5.82 Å². The van der Waals surface area contributed by atoms with Crippen molar-refractivity contribution in [1.29, 1.82) is 0 Å². The molecule has 4 aromatic rings. The van der Waals surface area contributed by atoms with Gasteiger partial charge < -0.3 is 20.1 Å². The lowest BCUT2D eigenvalue weighted by molar-refractivity contribution is -0.129. The van der Waals surface area contributed by atoms with Crippen LogP contribution >= 0.6 is 0 Å². The Morgan fingerprint density at radius 3 is 2.51 bits per heavy atom. The maximum Gasteiger partial charge on any atom is 0.324 e. The molecular formula is C29H29FN6O5. The molecule has 12 heteroatoms. The molecule has 0 aliphatic heterocycles. The molecule has 41 heavy (non-hydrogen) atoms. The number of carbonyl (C=O) groups is 3. The zero-order chi connectivity index (χ0) is 29.6. The molecule has 3 amide bonds. The van der Waals surface area contributed by atoms with E-state index in [9.17, 15) is 18.8 Å². The van der Waals surface area contributed by atoms with Crippen LogP contribution < -0.4 is 20.7 Å². The van der Waals surface area contributed by atoms with Gasteiger partial charge in [-0.2, -0.15) is 5.10 Å². The molecule has 0 unspecified atom stereocenters. The molecule has 212 valence electrons. The van der Waals surface area contributed by atoms with Crippen LogP contribution in [0.1, 0.15) is 42.5 Å². The Kier molecular flexibility index (Phi) is 8.61. The summed E-state index contributed by atoms with van der Waals surface area (Å²) in [6.07, 6.45) is 1.40. The fourth-order valence-electron chi connectivity index (χ4n) is 3.74. The van der Waals surface area contributed by atoms with Crippen molar-refractivity contribution in [2.45, 2.75) is 32.8 Å².